The molecule has 0 radical (unpaired) electrons. The van der Waals surface area contributed by atoms with E-state index in [4.69, 9.17) is 4.52 Å². The van der Waals surface area contributed by atoms with E-state index in [-0.39, 0.29) is 6.42 Å². The lowest BCUT2D eigenvalue weighted by Gasteiger charge is -2.42. The molecular weight excluding hydrogens is 207 g/mol. The van der Waals surface area contributed by atoms with E-state index in [0.717, 1.165) is 4.67 Å². The van der Waals surface area contributed by atoms with E-state index in [2.05, 4.69) is 0 Å². The molecule has 0 spiro atoms. The van der Waals surface area contributed by atoms with E-state index in [1.165, 1.54) is 11.7 Å². The molecule has 7 heteroatoms. The largest absolute Gasteiger partial charge is 0.401 e. The van der Waals surface area contributed by atoms with Gasteiger partial charge < -0.3 is 0 Å². The van der Waals surface area contributed by atoms with Crippen molar-refractivity contribution in [1.82, 2.24) is 9.34 Å². The smallest absolute Gasteiger partial charge is 0.297 e. The van der Waals surface area contributed by atoms with Gasteiger partial charge in [0.15, 0.2) is 0 Å². The first-order chi connectivity index (χ1) is 6.55. The van der Waals surface area contributed by atoms with Crippen LogP contribution in [0.3, 0.4) is 0 Å². The third-order valence-electron chi connectivity index (χ3n) is 2.41. The third-order valence-corrected chi connectivity index (χ3v) is 4.94. The Labute approximate surface area is 81.4 Å². The van der Waals surface area contributed by atoms with Crippen LogP contribution in [0.4, 0.5) is 0 Å². The highest BCUT2D eigenvalue weighted by atomic mass is 31.2. The van der Waals surface area contributed by atoms with Gasteiger partial charge in [0.2, 0.25) is 11.8 Å². The second kappa shape index (κ2) is 3.07. The van der Waals surface area contributed by atoms with Crippen LogP contribution >= 0.6 is 7.67 Å². The van der Waals surface area contributed by atoms with Crippen molar-refractivity contribution in [2.24, 2.45) is 0 Å². The normalized spacial score (nSPS) is 33.2. The fraction of sp³-hybridized carbons (Fsp3) is 0.714. The van der Waals surface area contributed by atoms with Gasteiger partial charge in [0.1, 0.15) is 6.42 Å². The highest BCUT2D eigenvalue weighted by Crippen LogP contribution is 2.57. The van der Waals surface area contributed by atoms with Crippen LogP contribution in [0.25, 0.3) is 0 Å². The molecule has 0 aromatic heterocycles. The summed E-state index contributed by atoms with van der Waals surface area (Å²) in [5, 5.41) is 0. The Kier molecular flexibility index (Phi) is 2.12. The van der Waals surface area contributed by atoms with Gasteiger partial charge in [-0.1, -0.05) is 0 Å². The van der Waals surface area contributed by atoms with E-state index in [1.54, 1.807) is 0 Å². The van der Waals surface area contributed by atoms with E-state index >= 15 is 0 Å². The minimum atomic E-state index is -3.35. The van der Waals surface area contributed by atoms with Gasteiger partial charge in [-0.15, -0.1) is 0 Å². The number of carbonyl (C=O) groups is 2. The minimum absolute atomic E-state index is 0.205. The number of nitrogens with zero attached hydrogens (tertiary/aromatic N) is 2. The van der Waals surface area contributed by atoms with Crippen molar-refractivity contribution in [3.63, 3.8) is 0 Å². The molecule has 2 aliphatic heterocycles. The van der Waals surface area contributed by atoms with Crippen LogP contribution in [-0.2, 0) is 18.7 Å². The van der Waals surface area contributed by atoms with Gasteiger partial charge in [-0.2, -0.15) is 0 Å². The summed E-state index contributed by atoms with van der Waals surface area (Å²) in [5.74, 6) is -0.826. The molecule has 14 heavy (non-hydrogen) atoms. The van der Waals surface area contributed by atoms with Crippen LogP contribution in [0.1, 0.15) is 12.8 Å². The van der Waals surface area contributed by atoms with Crippen molar-refractivity contribution in [2.75, 3.05) is 20.2 Å². The van der Waals surface area contributed by atoms with Gasteiger partial charge in [-0.05, 0) is 6.42 Å². The van der Waals surface area contributed by atoms with Crippen molar-refractivity contribution >= 4 is 19.5 Å². The average Bonchev–Trinajstić information content (AvgIpc) is 2.15. The minimum Gasteiger partial charge on any atom is -0.297 e. The van der Waals surface area contributed by atoms with Gasteiger partial charge in [0.25, 0.3) is 0 Å². The number of hydrogen-bond donors (Lipinski definition) is 0. The van der Waals surface area contributed by atoms with Crippen molar-refractivity contribution in [1.29, 1.82) is 0 Å². The molecule has 2 rings (SSSR count). The summed E-state index contributed by atoms with van der Waals surface area (Å²) in [5.41, 5.74) is 0. The molecule has 0 aromatic rings. The van der Waals surface area contributed by atoms with Crippen LogP contribution in [0.5, 0.6) is 0 Å². The fourth-order valence-corrected chi connectivity index (χ4v) is 3.69. The molecule has 0 aliphatic carbocycles. The third kappa shape index (κ3) is 1.18. The molecule has 2 fully saturated rings. The Morgan fingerprint density at radius 1 is 1.36 bits per heavy atom. The van der Waals surface area contributed by atoms with E-state index in [9.17, 15) is 14.2 Å². The second-order valence-electron chi connectivity index (χ2n) is 3.29. The summed E-state index contributed by atoms with van der Waals surface area (Å²) in [7, 11) is -1.94. The Morgan fingerprint density at radius 2 is 2.07 bits per heavy atom. The number of fused-ring (bicyclic) bond motifs is 1. The maximum Gasteiger partial charge on any atom is 0.401 e. The van der Waals surface area contributed by atoms with E-state index < -0.39 is 19.5 Å². The lowest BCUT2D eigenvalue weighted by atomic mass is 10.3. The quantitative estimate of drug-likeness (QED) is 0.430. The number of amides is 2. The topological polar surface area (TPSA) is 66.9 Å². The predicted molar refractivity (Wildman–Crippen MR) is 47.3 cm³/mol. The zero-order valence-electron chi connectivity index (χ0n) is 7.80. The SMILES string of the molecule is CN1C(=O)CC(=O)N2CCCOP12=O. The Bertz CT molecular complexity index is 343. The summed E-state index contributed by atoms with van der Waals surface area (Å²) in [4.78, 5) is 22.7. The first kappa shape index (κ1) is 9.68. The molecule has 2 heterocycles. The molecule has 2 aliphatic rings. The Morgan fingerprint density at radius 3 is 2.79 bits per heavy atom. The van der Waals surface area contributed by atoms with E-state index in [0.29, 0.717) is 19.6 Å². The summed E-state index contributed by atoms with van der Waals surface area (Å²) in [6.07, 6.45) is 0.460. The summed E-state index contributed by atoms with van der Waals surface area (Å²) < 4.78 is 19.5. The number of carbonyl (C=O) groups excluding carboxylic acids is 2. The molecule has 0 N–H and O–H groups in total. The Balaban J connectivity index is 2.38. The standard InChI is InChI=1S/C7H11N2O4P/c1-8-6(10)5-7(11)9-3-2-4-13-14(8,9)12/h2-5H2,1H3. The number of rotatable bonds is 0. The van der Waals surface area contributed by atoms with Crippen molar-refractivity contribution in [3.8, 4) is 0 Å². The zero-order chi connectivity index (χ0) is 10.3. The molecule has 1 unspecified atom stereocenters. The summed E-state index contributed by atoms with van der Waals surface area (Å²) in [6, 6.07) is 0. The molecule has 6 nitrogen and oxygen atoms in total. The molecular formula is C7H11N2O4P. The lowest BCUT2D eigenvalue weighted by Crippen LogP contribution is -2.47. The first-order valence-electron chi connectivity index (χ1n) is 4.38. The van der Waals surface area contributed by atoms with Crippen LogP contribution in [0, 0.1) is 0 Å². The molecule has 2 saturated heterocycles. The molecule has 1 atom stereocenters. The number of hydrogen-bond acceptors (Lipinski definition) is 4. The first-order valence-corrected chi connectivity index (χ1v) is 5.91. The maximum atomic E-state index is 12.2. The van der Waals surface area contributed by atoms with Gasteiger partial charge in [0.05, 0.1) is 6.61 Å². The monoisotopic (exact) mass is 218 g/mol. The van der Waals surface area contributed by atoms with Crippen LogP contribution in [-0.4, -0.2) is 41.4 Å². The van der Waals surface area contributed by atoms with Gasteiger partial charge in [0, 0.05) is 13.6 Å². The zero-order valence-corrected chi connectivity index (χ0v) is 8.70. The maximum absolute atomic E-state index is 12.2. The average molecular weight is 218 g/mol. The lowest BCUT2D eigenvalue weighted by molar-refractivity contribution is -0.139. The van der Waals surface area contributed by atoms with Crippen molar-refractivity contribution in [2.45, 2.75) is 12.8 Å². The summed E-state index contributed by atoms with van der Waals surface area (Å²) in [6.45, 7) is 0.742. The Hall–Kier alpha value is -0.870. The van der Waals surface area contributed by atoms with Crippen LogP contribution in [0.2, 0.25) is 0 Å². The molecule has 78 valence electrons. The highest BCUT2D eigenvalue weighted by Gasteiger charge is 2.48. The van der Waals surface area contributed by atoms with Gasteiger partial charge in [-0.3, -0.25) is 23.5 Å². The van der Waals surface area contributed by atoms with E-state index in [1.807, 2.05) is 0 Å². The van der Waals surface area contributed by atoms with Gasteiger partial charge in [-0.25, -0.2) is 4.57 Å². The fourth-order valence-electron chi connectivity index (χ4n) is 1.58. The predicted octanol–water partition coefficient (Wildman–Crippen LogP) is 0.206. The molecule has 0 aromatic carbocycles. The highest BCUT2D eigenvalue weighted by molar-refractivity contribution is 7.55. The van der Waals surface area contributed by atoms with Crippen molar-refractivity contribution in [3.05, 3.63) is 0 Å². The molecule has 2 amide bonds. The molecule has 0 bridgehead atoms. The van der Waals surface area contributed by atoms with Crippen LogP contribution < -0.4 is 0 Å². The van der Waals surface area contributed by atoms with Gasteiger partial charge >= 0.3 is 7.67 Å². The van der Waals surface area contributed by atoms with Crippen LogP contribution in [0.15, 0.2) is 0 Å². The summed E-state index contributed by atoms with van der Waals surface area (Å²) >= 11 is 0. The second-order valence-corrected chi connectivity index (χ2v) is 5.61. The molecule has 0 saturated carbocycles. The van der Waals surface area contributed by atoms with Crippen molar-refractivity contribution < 1.29 is 18.7 Å².